The monoisotopic (exact) mass is 492 g/mol. The lowest BCUT2D eigenvalue weighted by Crippen LogP contribution is -2.39. The van der Waals surface area contributed by atoms with Gasteiger partial charge in [-0.15, -0.1) is 35.3 Å². The Hall–Kier alpha value is -1.42. The van der Waals surface area contributed by atoms with Crippen molar-refractivity contribution in [3.05, 3.63) is 45.7 Å². The lowest BCUT2D eigenvalue weighted by molar-refractivity contribution is 0.386. The molecule has 0 fully saturated rings. The zero-order chi connectivity index (χ0) is 18.2. The molecule has 1 aromatic heterocycles. The number of ether oxygens (including phenoxy) is 1. The summed E-state index contributed by atoms with van der Waals surface area (Å²) in [7, 11) is 3.17. The normalized spacial score (nSPS) is 12.3. The Morgan fingerprint density at radius 2 is 2.19 bits per heavy atom. The molecule has 1 unspecified atom stereocenters. The number of nitrogens with one attached hydrogen (secondary N) is 2. The predicted molar refractivity (Wildman–Crippen MR) is 116 cm³/mol. The van der Waals surface area contributed by atoms with Gasteiger partial charge >= 0.3 is 0 Å². The second kappa shape index (κ2) is 11.3. The van der Waals surface area contributed by atoms with Crippen molar-refractivity contribution in [2.24, 2.45) is 4.99 Å². The van der Waals surface area contributed by atoms with Crippen LogP contribution in [0.3, 0.4) is 0 Å². The van der Waals surface area contributed by atoms with Crippen LogP contribution in [0, 0.1) is 5.82 Å². The smallest absolute Gasteiger partial charge is 0.191 e. The number of guanidine groups is 1. The molecule has 1 aromatic carbocycles. The highest BCUT2D eigenvalue weighted by Crippen LogP contribution is 2.21. The van der Waals surface area contributed by atoms with Crippen molar-refractivity contribution < 1.29 is 9.13 Å². The largest absolute Gasteiger partial charge is 0.494 e. The number of hydrogen-bond acceptors (Lipinski definition) is 4. The quantitative estimate of drug-likeness (QED) is 0.349. The van der Waals surface area contributed by atoms with Crippen molar-refractivity contribution in [2.75, 3.05) is 20.7 Å². The zero-order valence-electron chi connectivity index (χ0n) is 15.5. The summed E-state index contributed by atoms with van der Waals surface area (Å²) in [5.41, 5.74) is 0.828. The number of hydrogen-bond donors (Lipinski definition) is 2. The molecule has 2 aromatic rings. The molecule has 1 heterocycles. The van der Waals surface area contributed by atoms with Crippen LogP contribution < -0.4 is 15.4 Å². The van der Waals surface area contributed by atoms with Crippen LogP contribution >= 0.6 is 35.3 Å². The molecule has 2 rings (SSSR count). The first-order valence-corrected chi connectivity index (χ1v) is 9.13. The van der Waals surface area contributed by atoms with Gasteiger partial charge in [-0.05, 0) is 31.0 Å². The summed E-state index contributed by atoms with van der Waals surface area (Å²) in [6, 6.07) is 4.87. The van der Waals surface area contributed by atoms with Crippen LogP contribution in [0.15, 0.2) is 29.4 Å². The number of nitrogens with zero attached hydrogens (tertiary/aromatic N) is 2. The Morgan fingerprint density at radius 1 is 1.42 bits per heavy atom. The minimum Gasteiger partial charge on any atom is -0.494 e. The first kappa shape index (κ1) is 22.6. The fourth-order valence-electron chi connectivity index (χ4n) is 2.35. The molecule has 8 heteroatoms. The Morgan fingerprint density at radius 3 is 2.77 bits per heavy atom. The number of aromatic nitrogens is 1. The number of methoxy groups -OCH3 is 1. The SMILES string of the molecule is CCc1cnc(CCNC(=NC)NC(C)c2ccc(OC)c(F)c2)s1.I. The number of aliphatic imine (C=N–C) groups is 1. The first-order chi connectivity index (χ1) is 12.1. The van der Waals surface area contributed by atoms with E-state index in [2.05, 4.69) is 27.5 Å². The van der Waals surface area contributed by atoms with E-state index in [0.29, 0.717) is 5.96 Å². The maximum atomic E-state index is 13.8. The molecule has 0 aliphatic rings. The average molecular weight is 492 g/mol. The molecule has 0 spiro atoms. The third-order valence-corrected chi connectivity index (χ3v) is 5.04. The fourth-order valence-corrected chi connectivity index (χ4v) is 3.21. The van der Waals surface area contributed by atoms with Crippen molar-refractivity contribution in [3.63, 3.8) is 0 Å². The summed E-state index contributed by atoms with van der Waals surface area (Å²) < 4.78 is 18.8. The lowest BCUT2D eigenvalue weighted by atomic mass is 10.1. The molecule has 26 heavy (non-hydrogen) atoms. The number of benzene rings is 1. The average Bonchev–Trinajstić information content (AvgIpc) is 3.08. The lowest BCUT2D eigenvalue weighted by Gasteiger charge is -2.18. The molecule has 0 bridgehead atoms. The molecular weight excluding hydrogens is 466 g/mol. The van der Waals surface area contributed by atoms with Gasteiger partial charge in [-0.25, -0.2) is 9.37 Å². The molecule has 0 saturated heterocycles. The molecule has 144 valence electrons. The van der Waals surface area contributed by atoms with E-state index in [0.717, 1.165) is 30.0 Å². The van der Waals surface area contributed by atoms with Crippen LogP contribution in [0.2, 0.25) is 0 Å². The molecule has 0 aliphatic heterocycles. The summed E-state index contributed by atoms with van der Waals surface area (Å²) >= 11 is 1.74. The summed E-state index contributed by atoms with van der Waals surface area (Å²) in [5.74, 6) is 0.552. The third kappa shape index (κ3) is 6.39. The molecule has 5 nitrogen and oxygen atoms in total. The predicted octanol–water partition coefficient (Wildman–Crippen LogP) is 3.94. The van der Waals surface area contributed by atoms with Crippen LogP contribution in [-0.4, -0.2) is 31.6 Å². The van der Waals surface area contributed by atoms with E-state index in [9.17, 15) is 4.39 Å². The Labute approximate surface area is 175 Å². The Balaban J connectivity index is 0.00000338. The highest BCUT2D eigenvalue weighted by Gasteiger charge is 2.11. The number of aryl methyl sites for hydroxylation is 1. The van der Waals surface area contributed by atoms with E-state index in [-0.39, 0.29) is 41.6 Å². The van der Waals surface area contributed by atoms with Gasteiger partial charge in [0.1, 0.15) is 0 Å². The van der Waals surface area contributed by atoms with Crippen LogP contribution in [0.25, 0.3) is 0 Å². The van der Waals surface area contributed by atoms with Gasteiger partial charge in [0.05, 0.1) is 18.2 Å². The minimum atomic E-state index is -0.368. The van der Waals surface area contributed by atoms with Gasteiger partial charge in [0.2, 0.25) is 0 Å². The molecule has 2 N–H and O–H groups in total. The fraction of sp³-hybridized carbons (Fsp3) is 0.444. The second-order valence-corrected chi connectivity index (χ2v) is 6.78. The zero-order valence-corrected chi connectivity index (χ0v) is 18.7. The van der Waals surface area contributed by atoms with Gasteiger partial charge in [0.25, 0.3) is 0 Å². The topological polar surface area (TPSA) is 58.5 Å². The van der Waals surface area contributed by atoms with Crippen LogP contribution in [0.5, 0.6) is 5.75 Å². The van der Waals surface area contributed by atoms with Crippen LogP contribution in [0.4, 0.5) is 4.39 Å². The van der Waals surface area contributed by atoms with Gasteiger partial charge in [-0.2, -0.15) is 0 Å². The maximum Gasteiger partial charge on any atom is 0.191 e. The molecule has 0 saturated carbocycles. The van der Waals surface area contributed by atoms with E-state index in [1.807, 2.05) is 19.2 Å². The summed E-state index contributed by atoms with van der Waals surface area (Å²) in [6.07, 6.45) is 3.80. The summed E-state index contributed by atoms with van der Waals surface area (Å²) in [6.45, 7) is 4.83. The van der Waals surface area contributed by atoms with Crippen molar-refractivity contribution >= 4 is 41.3 Å². The van der Waals surface area contributed by atoms with Gasteiger partial charge < -0.3 is 15.4 Å². The molecule has 0 aliphatic carbocycles. The first-order valence-electron chi connectivity index (χ1n) is 8.31. The van der Waals surface area contributed by atoms with E-state index >= 15 is 0 Å². The standard InChI is InChI=1S/C18H25FN4OS.HI/c1-5-14-11-22-17(25-14)8-9-21-18(20-3)23-12(2)13-6-7-16(24-4)15(19)10-13;/h6-7,10-12H,5,8-9H2,1-4H3,(H2,20,21,23);1H. The second-order valence-electron chi connectivity index (χ2n) is 5.58. The highest BCUT2D eigenvalue weighted by molar-refractivity contribution is 14.0. The Bertz CT molecular complexity index is 723. The van der Waals surface area contributed by atoms with Gasteiger partial charge in [-0.1, -0.05) is 13.0 Å². The third-order valence-electron chi connectivity index (χ3n) is 3.83. The van der Waals surface area contributed by atoms with Crippen molar-refractivity contribution in [3.8, 4) is 5.75 Å². The number of thiazole rings is 1. The van der Waals surface area contributed by atoms with Gasteiger partial charge in [-0.3, -0.25) is 4.99 Å². The summed E-state index contributed by atoms with van der Waals surface area (Å²) in [5, 5.41) is 7.65. The van der Waals surface area contributed by atoms with E-state index in [1.165, 1.54) is 18.1 Å². The van der Waals surface area contributed by atoms with Gasteiger partial charge in [0.15, 0.2) is 17.5 Å². The van der Waals surface area contributed by atoms with Crippen LogP contribution in [0.1, 0.15) is 35.3 Å². The maximum absolute atomic E-state index is 13.8. The molecule has 1 atom stereocenters. The van der Waals surface area contributed by atoms with Crippen LogP contribution in [-0.2, 0) is 12.8 Å². The number of halogens is 2. The van der Waals surface area contributed by atoms with Gasteiger partial charge in [0, 0.05) is 31.1 Å². The highest BCUT2D eigenvalue weighted by atomic mass is 127. The van der Waals surface area contributed by atoms with E-state index < -0.39 is 0 Å². The van der Waals surface area contributed by atoms with Crippen molar-refractivity contribution in [2.45, 2.75) is 32.7 Å². The molecular formula is C18H26FIN4OS. The minimum absolute atomic E-state index is 0. The van der Waals surface area contributed by atoms with Crippen molar-refractivity contribution in [1.82, 2.24) is 15.6 Å². The van der Waals surface area contributed by atoms with Crippen molar-refractivity contribution in [1.29, 1.82) is 0 Å². The summed E-state index contributed by atoms with van der Waals surface area (Å²) in [4.78, 5) is 9.93. The van der Waals surface area contributed by atoms with E-state index in [4.69, 9.17) is 4.74 Å². The number of rotatable bonds is 7. The van der Waals surface area contributed by atoms with E-state index in [1.54, 1.807) is 24.5 Å². The molecule has 0 radical (unpaired) electrons. The Kier molecular flexibility index (Phi) is 9.85. The molecule has 0 amide bonds.